The fourth-order valence-electron chi connectivity index (χ4n) is 4.46. The fraction of sp³-hybridized carbons (Fsp3) is 0.321. The number of nitrogens with one attached hydrogen (secondary N) is 1. The summed E-state index contributed by atoms with van der Waals surface area (Å²) < 4.78 is 18.4. The maximum Gasteiger partial charge on any atom is 0.324 e. The molecule has 0 amide bonds. The summed E-state index contributed by atoms with van der Waals surface area (Å²) in [6.07, 6.45) is 3.15. The zero-order chi connectivity index (χ0) is 25.7. The molecule has 0 aliphatic carbocycles. The average Bonchev–Trinajstić information content (AvgIpc) is 3.19. The number of hydrogen-bond acceptors (Lipinski definition) is 7. The van der Waals surface area contributed by atoms with E-state index in [-0.39, 0.29) is 24.6 Å². The maximum absolute atomic E-state index is 13.4. The number of benzene rings is 2. The summed E-state index contributed by atoms with van der Waals surface area (Å²) in [6, 6.07) is 14.9. The Hall–Kier alpha value is -4.07. The molecule has 0 bridgehead atoms. The van der Waals surface area contributed by atoms with E-state index in [2.05, 4.69) is 28.2 Å². The average molecular weight is 491 g/mol. The summed E-state index contributed by atoms with van der Waals surface area (Å²) in [5.41, 5.74) is 2.84. The first kappa shape index (κ1) is 25.0. The summed E-state index contributed by atoms with van der Waals surface area (Å²) in [6.45, 7) is 3.98. The van der Waals surface area contributed by atoms with Crippen LogP contribution in [0, 0.1) is 5.92 Å². The normalized spacial score (nSPS) is 16.1. The molecule has 1 aliphatic rings. The molecule has 1 aliphatic heterocycles. The van der Waals surface area contributed by atoms with Crippen molar-refractivity contribution in [2.75, 3.05) is 19.8 Å². The standard InChI is InChI=1S/C28H30N2O6/c1-4-34-27(32)24(28(33)35-5-2)26-21(25(31)20-11-7-9-13-23(20)36-26)16-29-15-14-18-17-30(3)22-12-8-6-10-19(18)22/h6-13,16-17,24,26,29H,4-5,14-15H2,1-3H3/b21-16+. The van der Waals surface area contributed by atoms with Gasteiger partial charge in [-0.3, -0.25) is 14.4 Å². The van der Waals surface area contributed by atoms with Crippen molar-refractivity contribution in [3.8, 4) is 5.75 Å². The van der Waals surface area contributed by atoms with Crippen LogP contribution in [0.2, 0.25) is 0 Å². The molecule has 1 N–H and O–H groups in total. The van der Waals surface area contributed by atoms with E-state index in [0.29, 0.717) is 24.3 Å². The number of aryl methyl sites for hydroxylation is 1. The van der Waals surface area contributed by atoms with Gasteiger partial charge in [0.25, 0.3) is 0 Å². The Morgan fingerprint density at radius 3 is 2.44 bits per heavy atom. The summed E-state index contributed by atoms with van der Waals surface area (Å²) in [5, 5.41) is 4.36. The number of para-hydroxylation sites is 2. The van der Waals surface area contributed by atoms with Crippen LogP contribution in [-0.2, 0) is 32.5 Å². The second-order valence-corrected chi connectivity index (χ2v) is 8.43. The van der Waals surface area contributed by atoms with Crippen molar-refractivity contribution in [2.24, 2.45) is 13.0 Å². The topological polar surface area (TPSA) is 95.9 Å². The summed E-state index contributed by atoms with van der Waals surface area (Å²) in [4.78, 5) is 39.0. The van der Waals surface area contributed by atoms with Crippen LogP contribution in [-0.4, -0.2) is 48.2 Å². The van der Waals surface area contributed by atoms with Gasteiger partial charge in [-0.15, -0.1) is 0 Å². The number of carbonyl (C=O) groups excluding carboxylic acids is 3. The minimum Gasteiger partial charge on any atom is -0.483 e. The molecule has 36 heavy (non-hydrogen) atoms. The highest BCUT2D eigenvalue weighted by atomic mass is 16.6. The van der Waals surface area contributed by atoms with E-state index in [0.717, 1.165) is 5.52 Å². The molecule has 0 fully saturated rings. The Balaban J connectivity index is 1.62. The maximum atomic E-state index is 13.4. The molecule has 8 nitrogen and oxygen atoms in total. The van der Waals surface area contributed by atoms with Crippen LogP contribution in [0.5, 0.6) is 5.75 Å². The van der Waals surface area contributed by atoms with E-state index < -0.39 is 24.0 Å². The highest BCUT2D eigenvalue weighted by molar-refractivity contribution is 6.13. The van der Waals surface area contributed by atoms with Gasteiger partial charge in [-0.2, -0.15) is 0 Å². The van der Waals surface area contributed by atoms with Gasteiger partial charge in [0.2, 0.25) is 0 Å². The zero-order valence-corrected chi connectivity index (χ0v) is 20.7. The third-order valence-electron chi connectivity index (χ3n) is 6.11. The Bertz CT molecular complexity index is 1290. The highest BCUT2D eigenvalue weighted by Crippen LogP contribution is 2.34. The van der Waals surface area contributed by atoms with Gasteiger partial charge in [0.15, 0.2) is 17.8 Å². The molecule has 1 atom stereocenters. The Morgan fingerprint density at radius 2 is 1.72 bits per heavy atom. The van der Waals surface area contributed by atoms with E-state index in [1.165, 1.54) is 10.9 Å². The van der Waals surface area contributed by atoms with Crippen LogP contribution in [0.25, 0.3) is 10.9 Å². The lowest BCUT2D eigenvalue weighted by molar-refractivity contribution is -0.165. The van der Waals surface area contributed by atoms with Gasteiger partial charge in [-0.1, -0.05) is 30.3 Å². The minimum absolute atomic E-state index is 0.0777. The van der Waals surface area contributed by atoms with E-state index >= 15 is 0 Å². The van der Waals surface area contributed by atoms with Crippen molar-refractivity contribution in [1.29, 1.82) is 0 Å². The molecule has 0 saturated heterocycles. The summed E-state index contributed by atoms with van der Waals surface area (Å²) >= 11 is 0. The number of Topliss-reactive ketones (excluding diaryl/α,β-unsaturated/α-hetero) is 1. The smallest absolute Gasteiger partial charge is 0.324 e. The molecule has 2 heterocycles. The quantitative estimate of drug-likeness (QED) is 0.212. The van der Waals surface area contributed by atoms with Crippen LogP contribution in [0.3, 0.4) is 0 Å². The van der Waals surface area contributed by atoms with E-state index in [1.54, 1.807) is 44.3 Å². The third kappa shape index (κ3) is 4.98. The number of ether oxygens (including phenoxy) is 3. The highest BCUT2D eigenvalue weighted by Gasteiger charge is 2.46. The van der Waals surface area contributed by atoms with Gasteiger partial charge in [-0.25, -0.2) is 0 Å². The van der Waals surface area contributed by atoms with Crippen molar-refractivity contribution in [2.45, 2.75) is 26.4 Å². The van der Waals surface area contributed by atoms with Crippen LogP contribution >= 0.6 is 0 Å². The van der Waals surface area contributed by atoms with Gasteiger partial charge in [0, 0.05) is 36.9 Å². The minimum atomic E-state index is -1.44. The molecule has 0 radical (unpaired) electrons. The zero-order valence-electron chi connectivity index (χ0n) is 20.7. The third-order valence-corrected chi connectivity index (χ3v) is 6.11. The number of esters is 2. The number of rotatable bonds is 9. The number of aromatic nitrogens is 1. The van der Waals surface area contributed by atoms with E-state index in [4.69, 9.17) is 14.2 Å². The fourth-order valence-corrected chi connectivity index (χ4v) is 4.46. The molecular formula is C28H30N2O6. The second kappa shape index (κ2) is 11.1. The molecule has 4 rings (SSSR count). The summed E-state index contributed by atoms with van der Waals surface area (Å²) in [5.74, 6) is -3.05. The lowest BCUT2D eigenvalue weighted by Crippen LogP contribution is -2.46. The molecule has 0 saturated carbocycles. The molecule has 1 aromatic heterocycles. The van der Waals surface area contributed by atoms with Gasteiger partial charge in [0.1, 0.15) is 5.75 Å². The molecule has 2 aromatic carbocycles. The predicted molar refractivity (Wildman–Crippen MR) is 135 cm³/mol. The van der Waals surface area contributed by atoms with Gasteiger partial charge in [-0.05, 0) is 44.0 Å². The number of hydrogen-bond donors (Lipinski definition) is 1. The lowest BCUT2D eigenvalue weighted by atomic mass is 9.88. The summed E-state index contributed by atoms with van der Waals surface area (Å²) in [7, 11) is 2.01. The monoisotopic (exact) mass is 490 g/mol. The number of fused-ring (bicyclic) bond motifs is 2. The first-order chi connectivity index (χ1) is 17.5. The lowest BCUT2D eigenvalue weighted by Gasteiger charge is -2.31. The Kier molecular flexibility index (Phi) is 7.73. The number of nitrogens with zero attached hydrogens (tertiary/aromatic N) is 1. The van der Waals surface area contributed by atoms with Gasteiger partial charge < -0.3 is 24.1 Å². The first-order valence-electron chi connectivity index (χ1n) is 12.1. The van der Waals surface area contributed by atoms with Crippen LogP contribution in [0.15, 0.2) is 66.5 Å². The van der Waals surface area contributed by atoms with Gasteiger partial charge >= 0.3 is 11.9 Å². The van der Waals surface area contributed by atoms with Crippen LogP contribution in [0.4, 0.5) is 0 Å². The van der Waals surface area contributed by atoms with E-state index in [9.17, 15) is 14.4 Å². The second-order valence-electron chi connectivity index (χ2n) is 8.43. The molecule has 1 unspecified atom stereocenters. The van der Waals surface area contributed by atoms with Crippen LogP contribution in [0.1, 0.15) is 29.8 Å². The molecular weight excluding hydrogens is 460 g/mol. The Labute approximate surface area is 209 Å². The van der Waals surface area contributed by atoms with Crippen molar-refractivity contribution in [3.63, 3.8) is 0 Å². The van der Waals surface area contributed by atoms with E-state index in [1.807, 2.05) is 19.2 Å². The first-order valence-corrected chi connectivity index (χ1v) is 12.1. The van der Waals surface area contributed by atoms with Crippen molar-refractivity contribution in [3.05, 3.63) is 77.6 Å². The molecule has 188 valence electrons. The SMILES string of the molecule is CCOC(=O)C(C(=O)OCC)C1Oc2ccccc2C(=O)/C1=C\NCCc1cn(C)c2ccccc12. The van der Waals surface area contributed by atoms with Gasteiger partial charge in [0.05, 0.1) is 24.4 Å². The Morgan fingerprint density at radius 1 is 1.06 bits per heavy atom. The van der Waals surface area contributed by atoms with Crippen LogP contribution < -0.4 is 10.1 Å². The largest absolute Gasteiger partial charge is 0.483 e. The van der Waals surface area contributed by atoms with Crippen molar-refractivity contribution in [1.82, 2.24) is 9.88 Å². The predicted octanol–water partition coefficient (Wildman–Crippen LogP) is 3.58. The molecule has 8 heteroatoms. The number of carbonyl (C=O) groups is 3. The number of ketones is 1. The van der Waals surface area contributed by atoms with Crippen molar-refractivity contribution >= 4 is 28.6 Å². The molecule has 3 aromatic rings. The van der Waals surface area contributed by atoms with Crippen molar-refractivity contribution < 1.29 is 28.6 Å². The molecule has 0 spiro atoms.